The van der Waals surface area contributed by atoms with Crippen LogP contribution in [-0.2, 0) is 34.5 Å². The first-order valence-electron chi connectivity index (χ1n) is 12.0. The monoisotopic (exact) mass is 529 g/mol. The fourth-order valence-corrected chi connectivity index (χ4v) is 5.67. The summed E-state index contributed by atoms with van der Waals surface area (Å²) in [6, 6.07) is 13.4. The van der Waals surface area contributed by atoms with E-state index in [9.17, 15) is 26.4 Å². The number of nitrogens with one attached hydrogen (secondary N) is 1. The predicted molar refractivity (Wildman–Crippen MR) is 133 cm³/mol. The molecule has 1 N–H and O–H groups in total. The molecule has 1 spiro atoms. The molecular weight excluding hydrogens is 503 g/mol. The summed E-state index contributed by atoms with van der Waals surface area (Å²) < 4.78 is 62.9. The van der Waals surface area contributed by atoms with Crippen LogP contribution in [0.15, 0.2) is 65.7 Å². The molecule has 1 fully saturated rings. The average Bonchev–Trinajstić information content (AvgIpc) is 3.66. The first-order valence-corrected chi connectivity index (χ1v) is 13.7. The molecular formula is C27H26F3N3O3S. The number of carbonyl (C=O) groups is 1. The van der Waals surface area contributed by atoms with Gasteiger partial charge in [-0.15, -0.1) is 0 Å². The maximum absolute atomic E-state index is 13.0. The van der Waals surface area contributed by atoms with Crippen molar-refractivity contribution < 1.29 is 26.4 Å². The molecule has 194 valence electrons. The van der Waals surface area contributed by atoms with E-state index in [1.54, 1.807) is 25.3 Å². The third-order valence-electron chi connectivity index (χ3n) is 7.11. The van der Waals surface area contributed by atoms with Crippen LogP contribution in [0.1, 0.15) is 52.5 Å². The second-order valence-corrected chi connectivity index (χ2v) is 11.9. The minimum atomic E-state index is -4.38. The number of sulfone groups is 1. The van der Waals surface area contributed by atoms with E-state index in [1.807, 2.05) is 11.0 Å². The van der Waals surface area contributed by atoms with E-state index in [-0.39, 0.29) is 28.5 Å². The maximum Gasteiger partial charge on any atom is 0.416 e. The van der Waals surface area contributed by atoms with Crippen molar-refractivity contribution in [3.8, 4) is 0 Å². The van der Waals surface area contributed by atoms with Gasteiger partial charge in [0.05, 0.1) is 27.5 Å². The Morgan fingerprint density at radius 1 is 1.08 bits per heavy atom. The van der Waals surface area contributed by atoms with Gasteiger partial charge in [-0.1, -0.05) is 19.1 Å². The molecule has 0 unspecified atom stereocenters. The molecule has 6 nitrogen and oxygen atoms in total. The Morgan fingerprint density at radius 2 is 1.76 bits per heavy atom. The smallest absolute Gasteiger partial charge is 0.366 e. The summed E-state index contributed by atoms with van der Waals surface area (Å²) in [5, 5.41) is 2.85. The lowest BCUT2D eigenvalue weighted by atomic mass is 9.90. The lowest BCUT2D eigenvalue weighted by molar-refractivity contribution is -0.137. The fourth-order valence-electron chi connectivity index (χ4n) is 4.79. The summed E-state index contributed by atoms with van der Waals surface area (Å²) in [6.45, 7) is 2.94. The van der Waals surface area contributed by atoms with Crippen molar-refractivity contribution >= 4 is 21.4 Å². The van der Waals surface area contributed by atoms with Crippen LogP contribution >= 0.6 is 0 Å². The number of aromatic nitrogens is 1. The highest BCUT2D eigenvalue weighted by atomic mass is 32.2. The number of halogens is 3. The molecule has 0 bridgehead atoms. The number of hydrogen-bond donors (Lipinski definition) is 1. The zero-order valence-electron chi connectivity index (χ0n) is 20.2. The SMILES string of the molecule is CCS(=O)(=O)c1ccc(CNC(=O)c2cnc3c(c2)CN(c2ccc(C(F)(F)F)cc2)CC32CC2)cc1. The number of alkyl halides is 3. The number of carbonyl (C=O) groups excluding carboxylic acids is 1. The summed E-state index contributed by atoms with van der Waals surface area (Å²) in [4.78, 5) is 19.8. The Balaban J connectivity index is 1.30. The van der Waals surface area contributed by atoms with E-state index >= 15 is 0 Å². The summed E-state index contributed by atoms with van der Waals surface area (Å²) in [6.07, 6.45) is -0.927. The molecule has 5 rings (SSSR count). The maximum atomic E-state index is 13.0. The van der Waals surface area contributed by atoms with E-state index in [0.717, 1.165) is 41.8 Å². The molecule has 37 heavy (non-hydrogen) atoms. The number of anilines is 1. The highest BCUT2D eigenvalue weighted by molar-refractivity contribution is 7.91. The second-order valence-electron chi connectivity index (χ2n) is 9.64. The average molecular weight is 530 g/mol. The standard InChI is InChI=1S/C27H26F3N3O3S/c1-2-37(35,36)23-9-3-18(4-10-23)14-32-25(34)19-13-20-16-33(17-26(11-12-26)24(20)31-15-19)22-7-5-21(6-8-22)27(28,29)30/h3-10,13,15H,2,11-12,14,16-17H2,1H3,(H,32,34). The van der Waals surface area contributed by atoms with E-state index < -0.39 is 21.6 Å². The van der Waals surface area contributed by atoms with Gasteiger partial charge in [0.1, 0.15) is 0 Å². The topological polar surface area (TPSA) is 79.4 Å². The molecule has 2 aromatic carbocycles. The molecule has 2 aliphatic rings. The van der Waals surface area contributed by atoms with E-state index in [1.165, 1.54) is 24.3 Å². The van der Waals surface area contributed by atoms with E-state index in [2.05, 4.69) is 10.3 Å². The minimum Gasteiger partial charge on any atom is -0.366 e. The fraction of sp³-hybridized carbons (Fsp3) is 0.333. The normalized spacial score (nSPS) is 16.4. The van der Waals surface area contributed by atoms with Crippen molar-refractivity contribution in [3.63, 3.8) is 0 Å². The van der Waals surface area contributed by atoms with Gasteiger partial charge in [0.2, 0.25) is 0 Å². The van der Waals surface area contributed by atoms with Crippen molar-refractivity contribution in [3.05, 3.63) is 88.7 Å². The van der Waals surface area contributed by atoms with Gasteiger partial charge in [0.15, 0.2) is 9.84 Å². The van der Waals surface area contributed by atoms with Gasteiger partial charge in [0, 0.05) is 36.9 Å². The van der Waals surface area contributed by atoms with Crippen LogP contribution in [0, 0.1) is 0 Å². The first kappa shape index (κ1) is 25.3. The van der Waals surface area contributed by atoms with Gasteiger partial charge in [-0.05, 0) is 66.4 Å². The molecule has 0 atom stereocenters. The van der Waals surface area contributed by atoms with Crippen LogP contribution in [0.25, 0.3) is 0 Å². The molecule has 1 amide bonds. The van der Waals surface area contributed by atoms with Crippen LogP contribution in [0.2, 0.25) is 0 Å². The van der Waals surface area contributed by atoms with E-state index in [4.69, 9.17) is 0 Å². The molecule has 0 radical (unpaired) electrons. The third kappa shape index (κ3) is 5.07. The van der Waals surface area contributed by atoms with Crippen molar-refractivity contribution in [1.29, 1.82) is 0 Å². The first-order chi connectivity index (χ1) is 17.5. The Kier molecular flexibility index (Phi) is 6.26. The van der Waals surface area contributed by atoms with Crippen LogP contribution in [-0.4, -0.2) is 31.6 Å². The largest absolute Gasteiger partial charge is 0.416 e. The van der Waals surface area contributed by atoms with Gasteiger partial charge >= 0.3 is 6.18 Å². The number of nitrogens with zero attached hydrogens (tertiary/aromatic N) is 2. The highest BCUT2D eigenvalue weighted by Crippen LogP contribution is 2.52. The van der Waals surface area contributed by atoms with E-state index in [0.29, 0.717) is 24.3 Å². The molecule has 1 aliphatic heterocycles. The summed E-state index contributed by atoms with van der Waals surface area (Å²) in [5.41, 5.74) is 2.90. The van der Waals surface area contributed by atoms with Crippen LogP contribution in [0.4, 0.5) is 18.9 Å². The van der Waals surface area contributed by atoms with Crippen LogP contribution < -0.4 is 10.2 Å². The van der Waals surface area contributed by atoms with Crippen molar-refractivity contribution in [1.82, 2.24) is 10.3 Å². The predicted octanol–water partition coefficient (Wildman–Crippen LogP) is 4.88. The zero-order chi connectivity index (χ0) is 26.4. The quantitative estimate of drug-likeness (QED) is 0.493. The third-order valence-corrected chi connectivity index (χ3v) is 8.87. The molecule has 1 aromatic heterocycles. The van der Waals surface area contributed by atoms with Gasteiger partial charge in [-0.3, -0.25) is 9.78 Å². The molecule has 3 aromatic rings. The summed E-state index contributed by atoms with van der Waals surface area (Å²) in [7, 11) is -3.29. The van der Waals surface area contributed by atoms with Crippen molar-refractivity contribution in [2.45, 2.75) is 49.3 Å². The summed E-state index contributed by atoms with van der Waals surface area (Å²) in [5.74, 6) is -0.288. The van der Waals surface area contributed by atoms with Crippen molar-refractivity contribution in [2.75, 3.05) is 17.2 Å². The lowest BCUT2D eigenvalue weighted by Gasteiger charge is -2.36. The van der Waals surface area contributed by atoms with Gasteiger partial charge in [-0.25, -0.2) is 8.42 Å². The van der Waals surface area contributed by atoms with Gasteiger partial charge < -0.3 is 10.2 Å². The van der Waals surface area contributed by atoms with Gasteiger partial charge in [-0.2, -0.15) is 13.2 Å². The highest BCUT2D eigenvalue weighted by Gasteiger charge is 2.50. The number of rotatable bonds is 6. The Bertz CT molecular complexity index is 1430. The van der Waals surface area contributed by atoms with Crippen molar-refractivity contribution in [2.24, 2.45) is 0 Å². The Morgan fingerprint density at radius 3 is 2.35 bits per heavy atom. The number of amides is 1. The Labute approximate surface area is 213 Å². The number of pyridine rings is 1. The van der Waals surface area contributed by atoms with Crippen LogP contribution in [0.3, 0.4) is 0 Å². The molecule has 0 saturated heterocycles. The molecule has 2 heterocycles. The Hall–Kier alpha value is -3.40. The number of benzene rings is 2. The second kappa shape index (κ2) is 9.16. The van der Waals surface area contributed by atoms with Crippen LogP contribution in [0.5, 0.6) is 0 Å². The zero-order valence-corrected chi connectivity index (χ0v) is 21.0. The summed E-state index contributed by atoms with van der Waals surface area (Å²) >= 11 is 0. The number of hydrogen-bond acceptors (Lipinski definition) is 5. The molecule has 1 aliphatic carbocycles. The number of fused-ring (bicyclic) bond motifs is 2. The molecule has 10 heteroatoms. The van der Waals surface area contributed by atoms with Gasteiger partial charge in [0.25, 0.3) is 5.91 Å². The minimum absolute atomic E-state index is 0.0198. The molecule has 1 saturated carbocycles. The lowest BCUT2D eigenvalue weighted by Crippen LogP contribution is -2.39.